The highest BCUT2D eigenvalue weighted by Crippen LogP contribution is 2.30. The van der Waals surface area contributed by atoms with Gasteiger partial charge in [-0.1, -0.05) is 6.42 Å². The lowest BCUT2D eigenvalue weighted by Crippen LogP contribution is -2.19. The standard InChI is InChI=1S/C7H14FN/c8-4-6-2-1-3-7(6)5-9/h6-7H,1-5,9H2/t6-,7+/m0/s1. The first-order valence-corrected chi connectivity index (χ1v) is 3.64. The summed E-state index contributed by atoms with van der Waals surface area (Å²) < 4.78 is 12.1. The number of hydrogen-bond acceptors (Lipinski definition) is 1. The molecule has 1 rings (SSSR count). The molecule has 2 atom stereocenters. The number of halogens is 1. The van der Waals surface area contributed by atoms with Gasteiger partial charge in [-0.25, -0.2) is 0 Å². The van der Waals surface area contributed by atoms with E-state index < -0.39 is 0 Å². The molecule has 0 aliphatic heterocycles. The lowest BCUT2D eigenvalue weighted by atomic mass is 9.98. The van der Waals surface area contributed by atoms with E-state index in [1.807, 2.05) is 0 Å². The highest BCUT2D eigenvalue weighted by molar-refractivity contribution is 4.77. The maximum Gasteiger partial charge on any atom is 0.0925 e. The molecule has 2 heteroatoms. The zero-order chi connectivity index (χ0) is 6.69. The van der Waals surface area contributed by atoms with Crippen molar-refractivity contribution in [2.45, 2.75) is 19.3 Å². The van der Waals surface area contributed by atoms with E-state index in [0.29, 0.717) is 12.5 Å². The minimum Gasteiger partial charge on any atom is -0.330 e. The van der Waals surface area contributed by atoms with Gasteiger partial charge in [-0.05, 0) is 31.2 Å². The van der Waals surface area contributed by atoms with Gasteiger partial charge in [-0.2, -0.15) is 0 Å². The minimum atomic E-state index is -0.165. The van der Waals surface area contributed by atoms with E-state index in [4.69, 9.17) is 5.73 Å². The monoisotopic (exact) mass is 131 g/mol. The Kier molecular flexibility index (Phi) is 2.46. The molecule has 1 aliphatic rings. The Morgan fingerprint density at radius 1 is 1.33 bits per heavy atom. The minimum absolute atomic E-state index is 0.165. The Bertz CT molecular complexity index is 75.0. The van der Waals surface area contributed by atoms with Crippen molar-refractivity contribution in [3.05, 3.63) is 0 Å². The Balaban J connectivity index is 2.32. The van der Waals surface area contributed by atoms with E-state index >= 15 is 0 Å². The third-order valence-electron chi connectivity index (χ3n) is 2.32. The van der Waals surface area contributed by atoms with Crippen molar-refractivity contribution >= 4 is 0 Å². The van der Waals surface area contributed by atoms with Crippen molar-refractivity contribution in [3.8, 4) is 0 Å². The average Bonchev–Trinajstić information content (AvgIpc) is 2.33. The Morgan fingerprint density at radius 3 is 2.44 bits per heavy atom. The molecule has 0 aromatic heterocycles. The van der Waals surface area contributed by atoms with Crippen LogP contribution in [0.4, 0.5) is 4.39 Å². The lowest BCUT2D eigenvalue weighted by molar-refractivity contribution is 0.299. The van der Waals surface area contributed by atoms with Gasteiger partial charge < -0.3 is 5.73 Å². The van der Waals surface area contributed by atoms with Gasteiger partial charge in [-0.3, -0.25) is 4.39 Å². The van der Waals surface area contributed by atoms with Crippen LogP contribution in [0, 0.1) is 11.8 Å². The van der Waals surface area contributed by atoms with E-state index in [2.05, 4.69) is 0 Å². The third-order valence-corrected chi connectivity index (χ3v) is 2.32. The number of rotatable bonds is 2. The molecular weight excluding hydrogens is 117 g/mol. The van der Waals surface area contributed by atoms with Crippen molar-refractivity contribution in [2.24, 2.45) is 17.6 Å². The molecule has 0 heterocycles. The largest absolute Gasteiger partial charge is 0.330 e. The molecular formula is C7H14FN. The zero-order valence-electron chi connectivity index (χ0n) is 5.65. The van der Waals surface area contributed by atoms with E-state index in [1.54, 1.807) is 0 Å². The Morgan fingerprint density at radius 2 is 2.00 bits per heavy atom. The summed E-state index contributed by atoms with van der Waals surface area (Å²) in [6.07, 6.45) is 3.37. The molecule has 9 heavy (non-hydrogen) atoms. The van der Waals surface area contributed by atoms with Crippen LogP contribution in [0.15, 0.2) is 0 Å². The van der Waals surface area contributed by atoms with Gasteiger partial charge in [0, 0.05) is 0 Å². The molecule has 0 spiro atoms. The maximum absolute atomic E-state index is 12.1. The highest BCUT2D eigenvalue weighted by atomic mass is 19.1. The van der Waals surface area contributed by atoms with Gasteiger partial charge in [0.15, 0.2) is 0 Å². The van der Waals surface area contributed by atoms with Crippen molar-refractivity contribution in [1.29, 1.82) is 0 Å². The van der Waals surface area contributed by atoms with Crippen LogP contribution in [0.25, 0.3) is 0 Å². The summed E-state index contributed by atoms with van der Waals surface area (Å²) in [5.74, 6) is 0.769. The molecule has 1 aliphatic carbocycles. The fourth-order valence-electron chi connectivity index (χ4n) is 1.63. The average molecular weight is 131 g/mol. The number of alkyl halides is 1. The quantitative estimate of drug-likeness (QED) is 0.601. The Labute approximate surface area is 55.4 Å². The molecule has 1 fully saturated rings. The molecule has 0 aromatic rings. The van der Waals surface area contributed by atoms with E-state index in [1.165, 1.54) is 6.42 Å². The fourth-order valence-corrected chi connectivity index (χ4v) is 1.63. The van der Waals surface area contributed by atoms with Crippen LogP contribution in [-0.2, 0) is 0 Å². The van der Waals surface area contributed by atoms with E-state index in [0.717, 1.165) is 12.8 Å². The molecule has 1 nitrogen and oxygen atoms in total. The van der Waals surface area contributed by atoms with Crippen molar-refractivity contribution in [3.63, 3.8) is 0 Å². The lowest BCUT2D eigenvalue weighted by Gasteiger charge is -2.12. The highest BCUT2D eigenvalue weighted by Gasteiger charge is 2.25. The zero-order valence-corrected chi connectivity index (χ0v) is 5.65. The normalized spacial score (nSPS) is 35.3. The second-order valence-corrected chi connectivity index (χ2v) is 2.84. The van der Waals surface area contributed by atoms with Gasteiger partial charge in [0.25, 0.3) is 0 Å². The van der Waals surface area contributed by atoms with Crippen LogP contribution in [0.1, 0.15) is 19.3 Å². The first-order chi connectivity index (χ1) is 4.38. The first-order valence-electron chi connectivity index (χ1n) is 3.64. The van der Waals surface area contributed by atoms with Crippen LogP contribution < -0.4 is 5.73 Å². The molecule has 0 saturated heterocycles. The van der Waals surface area contributed by atoms with Crippen LogP contribution in [0.2, 0.25) is 0 Å². The first kappa shape index (κ1) is 7.00. The number of nitrogens with two attached hydrogens (primary N) is 1. The summed E-state index contributed by atoms with van der Waals surface area (Å²) in [7, 11) is 0. The summed E-state index contributed by atoms with van der Waals surface area (Å²) in [5.41, 5.74) is 5.43. The van der Waals surface area contributed by atoms with Gasteiger partial charge in [0.1, 0.15) is 0 Å². The number of hydrogen-bond donors (Lipinski definition) is 1. The molecule has 0 unspecified atom stereocenters. The second-order valence-electron chi connectivity index (χ2n) is 2.84. The van der Waals surface area contributed by atoms with E-state index in [-0.39, 0.29) is 12.6 Å². The van der Waals surface area contributed by atoms with Gasteiger partial charge in [0.2, 0.25) is 0 Å². The predicted octanol–water partition coefficient (Wildman–Crippen LogP) is 1.33. The van der Waals surface area contributed by atoms with Gasteiger partial charge >= 0.3 is 0 Å². The summed E-state index contributed by atoms with van der Waals surface area (Å²) in [4.78, 5) is 0. The van der Waals surface area contributed by atoms with Crippen molar-refractivity contribution in [1.82, 2.24) is 0 Å². The van der Waals surface area contributed by atoms with Gasteiger partial charge in [0.05, 0.1) is 6.67 Å². The van der Waals surface area contributed by atoms with Crippen molar-refractivity contribution in [2.75, 3.05) is 13.2 Å². The summed E-state index contributed by atoms with van der Waals surface area (Å²) in [6.45, 7) is 0.510. The second kappa shape index (κ2) is 3.16. The summed E-state index contributed by atoms with van der Waals surface area (Å²) in [5, 5.41) is 0. The van der Waals surface area contributed by atoms with Crippen LogP contribution in [0.3, 0.4) is 0 Å². The van der Waals surface area contributed by atoms with E-state index in [9.17, 15) is 4.39 Å². The summed E-state index contributed by atoms with van der Waals surface area (Å²) >= 11 is 0. The van der Waals surface area contributed by atoms with Crippen LogP contribution in [-0.4, -0.2) is 13.2 Å². The van der Waals surface area contributed by atoms with Crippen LogP contribution in [0.5, 0.6) is 0 Å². The molecule has 54 valence electrons. The molecule has 0 bridgehead atoms. The Hall–Kier alpha value is -0.110. The molecule has 0 radical (unpaired) electrons. The summed E-state index contributed by atoms with van der Waals surface area (Å²) in [6, 6.07) is 0. The predicted molar refractivity (Wildman–Crippen MR) is 35.9 cm³/mol. The van der Waals surface area contributed by atoms with Gasteiger partial charge in [-0.15, -0.1) is 0 Å². The fraction of sp³-hybridized carbons (Fsp3) is 1.00. The maximum atomic E-state index is 12.1. The molecule has 0 aromatic carbocycles. The third kappa shape index (κ3) is 1.42. The van der Waals surface area contributed by atoms with Crippen LogP contribution >= 0.6 is 0 Å². The molecule has 1 saturated carbocycles. The smallest absolute Gasteiger partial charge is 0.0925 e. The topological polar surface area (TPSA) is 26.0 Å². The molecule has 2 N–H and O–H groups in total. The van der Waals surface area contributed by atoms with Crippen molar-refractivity contribution < 1.29 is 4.39 Å². The SMILES string of the molecule is NC[C@H]1CCC[C@H]1CF. The molecule has 0 amide bonds.